The molecule has 2 aromatic rings. The van der Waals surface area contributed by atoms with E-state index in [0.29, 0.717) is 10.6 Å². The summed E-state index contributed by atoms with van der Waals surface area (Å²) in [4.78, 5) is 11.4. The van der Waals surface area contributed by atoms with Crippen LogP contribution in [0.5, 0.6) is 0 Å². The van der Waals surface area contributed by atoms with Crippen molar-refractivity contribution in [1.82, 2.24) is 4.72 Å². The second kappa shape index (κ2) is 8.99. The normalized spacial score (nSPS) is 13.8. The van der Waals surface area contributed by atoms with Gasteiger partial charge in [0, 0.05) is 5.02 Å². The highest BCUT2D eigenvalue weighted by atomic mass is 79.9. The lowest BCUT2D eigenvalue weighted by atomic mass is 10.1. The lowest BCUT2D eigenvalue weighted by Gasteiger charge is -2.23. The van der Waals surface area contributed by atoms with Gasteiger partial charge < -0.3 is 4.74 Å². The third kappa shape index (κ3) is 5.30. The topological polar surface area (TPSA) is 72.5 Å². The van der Waals surface area contributed by atoms with Gasteiger partial charge in [0.2, 0.25) is 10.0 Å². The number of benzene rings is 2. The first-order valence-electron chi connectivity index (χ1n) is 7.89. The SMILES string of the molecule is CCOC(=O)[C@H](Br)[C@H](NS(=O)(=O)c1ccc(C)cc1)c1ccc(Cl)cc1. The summed E-state index contributed by atoms with van der Waals surface area (Å²) >= 11 is 9.18. The maximum atomic E-state index is 12.8. The van der Waals surface area contributed by atoms with Crippen molar-refractivity contribution in [2.45, 2.75) is 29.6 Å². The fourth-order valence-electron chi connectivity index (χ4n) is 2.28. The van der Waals surface area contributed by atoms with Crippen molar-refractivity contribution >= 4 is 43.5 Å². The van der Waals surface area contributed by atoms with Gasteiger partial charge >= 0.3 is 5.97 Å². The molecule has 1 N–H and O–H groups in total. The van der Waals surface area contributed by atoms with E-state index in [2.05, 4.69) is 20.7 Å². The molecule has 0 aliphatic heterocycles. The molecule has 0 fully saturated rings. The number of ether oxygens (including phenoxy) is 1. The van der Waals surface area contributed by atoms with E-state index in [0.717, 1.165) is 5.56 Å². The second-order valence-corrected chi connectivity index (χ2v) is 8.75. The summed E-state index contributed by atoms with van der Waals surface area (Å²) in [7, 11) is -3.85. The van der Waals surface area contributed by atoms with Gasteiger partial charge in [-0.15, -0.1) is 0 Å². The highest BCUT2D eigenvalue weighted by molar-refractivity contribution is 9.10. The van der Waals surface area contributed by atoms with Crippen LogP contribution >= 0.6 is 27.5 Å². The Balaban J connectivity index is 2.38. The predicted molar refractivity (Wildman–Crippen MR) is 105 cm³/mol. The van der Waals surface area contributed by atoms with Crippen LogP contribution < -0.4 is 4.72 Å². The van der Waals surface area contributed by atoms with Crippen molar-refractivity contribution in [3.05, 3.63) is 64.7 Å². The van der Waals surface area contributed by atoms with Crippen LogP contribution in [0.2, 0.25) is 5.02 Å². The number of esters is 1. The van der Waals surface area contributed by atoms with Crippen molar-refractivity contribution in [2.75, 3.05) is 6.61 Å². The molecule has 0 radical (unpaired) electrons. The Morgan fingerprint density at radius 3 is 2.27 bits per heavy atom. The zero-order chi connectivity index (χ0) is 19.3. The summed E-state index contributed by atoms with van der Waals surface area (Å²) in [6.45, 7) is 3.75. The van der Waals surface area contributed by atoms with Crippen LogP contribution in [0.4, 0.5) is 0 Å². The molecule has 0 spiro atoms. The monoisotopic (exact) mass is 459 g/mol. The molecule has 2 rings (SSSR count). The lowest BCUT2D eigenvalue weighted by molar-refractivity contribution is -0.142. The minimum absolute atomic E-state index is 0.116. The summed E-state index contributed by atoms with van der Waals surface area (Å²) in [5.74, 6) is -0.556. The summed E-state index contributed by atoms with van der Waals surface area (Å²) in [5.41, 5.74) is 1.53. The van der Waals surface area contributed by atoms with Gasteiger partial charge in [0.05, 0.1) is 17.5 Å². The minimum Gasteiger partial charge on any atom is -0.465 e. The van der Waals surface area contributed by atoms with E-state index in [4.69, 9.17) is 16.3 Å². The number of hydrogen-bond acceptors (Lipinski definition) is 4. The first-order valence-corrected chi connectivity index (χ1v) is 10.7. The Hall–Kier alpha value is -1.41. The molecule has 5 nitrogen and oxygen atoms in total. The molecule has 0 aromatic heterocycles. The van der Waals surface area contributed by atoms with Gasteiger partial charge in [-0.05, 0) is 43.7 Å². The number of aryl methyl sites for hydroxylation is 1. The lowest BCUT2D eigenvalue weighted by Crippen LogP contribution is -2.38. The predicted octanol–water partition coefficient (Wildman–Crippen LogP) is 3.99. The van der Waals surface area contributed by atoms with Crippen LogP contribution in [-0.4, -0.2) is 25.8 Å². The number of nitrogens with one attached hydrogen (secondary N) is 1. The van der Waals surface area contributed by atoms with Crippen LogP contribution in [0.1, 0.15) is 24.1 Å². The number of rotatable bonds is 7. The summed E-state index contributed by atoms with van der Waals surface area (Å²) < 4.78 is 33.1. The Morgan fingerprint density at radius 1 is 1.15 bits per heavy atom. The van der Waals surface area contributed by atoms with Gasteiger partial charge in [-0.25, -0.2) is 13.1 Å². The zero-order valence-corrected chi connectivity index (χ0v) is 17.4. The summed E-state index contributed by atoms with van der Waals surface area (Å²) in [5, 5.41) is 0.510. The fraction of sp³-hybridized carbons (Fsp3) is 0.278. The first kappa shape index (κ1) is 20.9. The molecule has 0 amide bonds. The molecular formula is C18H19BrClNO4S. The number of alkyl halides is 1. The van der Waals surface area contributed by atoms with Gasteiger partial charge in [0.25, 0.3) is 0 Å². The highest BCUT2D eigenvalue weighted by Gasteiger charge is 2.32. The summed E-state index contributed by atoms with van der Waals surface area (Å²) in [6.07, 6.45) is 0. The number of carbonyl (C=O) groups is 1. The number of carbonyl (C=O) groups excluding carboxylic acids is 1. The van der Waals surface area contributed by atoms with Crippen LogP contribution in [0.3, 0.4) is 0 Å². The largest absolute Gasteiger partial charge is 0.465 e. The minimum atomic E-state index is -3.85. The molecule has 2 aromatic carbocycles. The van der Waals surface area contributed by atoms with Crippen molar-refractivity contribution in [2.24, 2.45) is 0 Å². The van der Waals surface area contributed by atoms with Crippen LogP contribution in [0.15, 0.2) is 53.4 Å². The van der Waals surface area contributed by atoms with Gasteiger partial charge in [-0.3, -0.25) is 4.79 Å². The van der Waals surface area contributed by atoms with Crippen LogP contribution in [0, 0.1) is 6.92 Å². The van der Waals surface area contributed by atoms with Crippen LogP contribution in [0.25, 0.3) is 0 Å². The van der Waals surface area contributed by atoms with Crippen molar-refractivity contribution < 1.29 is 17.9 Å². The molecule has 2 atom stereocenters. The van der Waals surface area contributed by atoms with Crippen molar-refractivity contribution in [3.8, 4) is 0 Å². The van der Waals surface area contributed by atoms with Gasteiger partial charge in [0.1, 0.15) is 4.83 Å². The molecule has 26 heavy (non-hydrogen) atoms. The molecule has 8 heteroatoms. The number of halogens is 2. The number of hydrogen-bond donors (Lipinski definition) is 1. The molecule has 0 saturated heterocycles. The molecule has 0 aliphatic carbocycles. The Morgan fingerprint density at radius 2 is 1.73 bits per heavy atom. The maximum absolute atomic E-state index is 12.8. The third-order valence-electron chi connectivity index (χ3n) is 3.65. The van der Waals surface area contributed by atoms with Crippen molar-refractivity contribution in [3.63, 3.8) is 0 Å². The molecule has 140 valence electrons. The van der Waals surface area contributed by atoms with E-state index in [1.54, 1.807) is 43.3 Å². The van der Waals surface area contributed by atoms with E-state index in [9.17, 15) is 13.2 Å². The third-order valence-corrected chi connectivity index (χ3v) is 6.26. The smallest absolute Gasteiger partial charge is 0.321 e. The fourth-order valence-corrected chi connectivity index (χ4v) is 4.38. The van der Waals surface area contributed by atoms with E-state index in [1.165, 1.54) is 12.1 Å². The summed E-state index contributed by atoms with van der Waals surface area (Å²) in [6, 6.07) is 12.2. The Kier molecular flexibility index (Phi) is 7.23. The molecule has 0 unspecified atom stereocenters. The molecule has 0 aliphatic rings. The quantitative estimate of drug-likeness (QED) is 0.501. The van der Waals surface area contributed by atoms with Crippen molar-refractivity contribution in [1.29, 1.82) is 0 Å². The van der Waals surface area contributed by atoms with Gasteiger partial charge in [-0.1, -0.05) is 57.4 Å². The molecule has 0 bridgehead atoms. The van der Waals surface area contributed by atoms with E-state index in [1.807, 2.05) is 6.92 Å². The second-order valence-electron chi connectivity index (χ2n) is 5.62. The maximum Gasteiger partial charge on any atom is 0.321 e. The van der Waals surface area contributed by atoms with Gasteiger partial charge in [-0.2, -0.15) is 0 Å². The number of sulfonamides is 1. The standard InChI is InChI=1S/C18H19BrClNO4S/c1-3-25-18(22)16(19)17(13-6-8-14(20)9-7-13)21-26(23,24)15-10-4-12(2)5-11-15/h4-11,16-17,21H,3H2,1-2H3/t16-,17-/m1/s1. The average Bonchev–Trinajstić information content (AvgIpc) is 2.60. The van der Waals surface area contributed by atoms with Crippen LogP contribution in [-0.2, 0) is 19.6 Å². The Bertz CT molecular complexity index is 854. The molecule has 0 saturated carbocycles. The van der Waals surface area contributed by atoms with E-state index in [-0.39, 0.29) is 11.5 Å². The highest BCUT2D eigenvalue weighted by Crippen LogP contribution is 2.27. The zero-order valence-electron chi connectivity index (χ0n) is 14.3. The van der Waals surface area contributed by atoms with Gasteiger partial charge in [0.15, 0.2) is 0 Å². The average molecular weight is 461 g/mol. The molecular weight excluding hydrogens is 442 g/mol. The Labute approximate surface area is 166 Å². The van der Waals surface area contributed by atoms with E-state index < -0.39 is 26.9 Å². The molecule has 0 heterocycles. The van der Waals surface area contributed by atoms with E-state index >= 15 is 0 Å². The first-order chi connectivity index (χ1) is 12.2.